The summed E-state index contributed by atoms with van der Waals surface area (Å²) in [4.78, 5) is 2.14. The first-order valence-electron chi connectivity index (χ1n) is 6.30. The van der Waals surface area contributed by atoms with Crippen molar-refractivity contribution in [3.63, 3.8) is 0 Å². The van der Waals surface area contributed by atoms with Gasteiger partial charge in [0.15, 0.2) is 0 Å². The van der Waals surface area contributed by atoms with Crippen molar-refractivity contribution < 1.29 is 0 Å². The standard InChI is InChI=1S/C13H25ClN4/c1-13(2,3)12(15-4)11-10(14)9-16-18(11)8-7-17(5)6/h9,12,15H,7-8H2,1-6H3. The van der Waals surface area contributed by atoms with Crippen LogP contribution in [0, 0.1) is 5.41 Å². The van der Waals surface area contributed by atoms with Crippen molar-refractivity contribution in [3.05, 3.63) is 16.9 Å². The largest absolute Gasteiger partial charge is 0.311 e. The van der Waals surface area contributed by atoms with Crippen molar-refractivity contribution >= 4 is 11.6 Å². The highest BCUT2D eigenvalue weighted by atomic mass is 35.5. The van der Waals surface area contributed by atoms with Crippen molar-refractivity contribution in [3.8, 4) is 0 Å². The lowest BCUT2D eigenvalue weighted by atomic mass is 9.85. The Morgan fingerprint density at radius 1 is 1.44 bits per heavy atom. The smallest absolute Gasteiger partial charge is 0.0834 e. The van der Waals surface area contributed by atoms with Gasteiger partial charge in [0.2, 0.25) is 0 Å². The molecule has 1 atom stereocenters. The monoisotopic (exact) mass is 272 g/mol. The van der Waals surface area contributed by atoms with Crippen molar-refractivity contribution in [2.45, 2.75) is 33.4 Å². The van der Waals surface area contributed by atoms with Gasteiger partial charge in [-0.3, -0.25) is 4.68 Å². The maximum Gasteiger partial charge on any atom is 0.0834 e. The fourth-order valence-corrected chi connectivity index (χ4v) is 2.36. The molecule has 0 saturated heterocycles. The van der Waals surface area contributed by atoms with Gasteiger partial charge in [0.25, 0.3) is 0 Å². The molecule has 0 aliphatic carbocycles. The van der Waals surface area contributed by atoms with Crippen molar-refractivity contribution in [2.24, 2.45) is 5.41 Å². The number of nitrogens with zero attached hydrogens (tertiary/aromatic N) is 3. The molecule has 1 rings (SSSR count). The summed E-state index contributed by atoms with van der Waals surface area (Å²) in [6, 6.07) is 0.190. The minimum Gasteiger partial charge on any atom is -0.311 e. The van der Waals surface area contributed by atoms with Crippen LogP contribution in [0.15, 0.2) is 6.20 Å². The van der Waals surface area contributed by atoms with Crippen LogP contribution in [0.2, 0.25) is 5.02 Å². The maximum atomic E-state index is 6.30. The lowest BCUT2D eigenvalue weighted by Gasteiger charge is -2.31. The second kappa shape index (κ2) is 6.04. The number of hydrogen-bond donors (Lipinski definition) is 1. The van der Waals surface area contributed by atoms with Crippen LogP contribution in [-0.2, 0) is 6.54 Å². The predicted octanol–water partition coefficient (Wildman–Crippen LogP) is 2.40. The van der Waals surface area contributed by atoms with Crippen LogP contribution >= 0.6 is 11.6 Å². The van der Waals surface area contributed by atoms with Gasteiger partial charge in [-0.2, -0.15) is 5.10 Å². The second-order valence-corrected chi connectivity index (χ2v) is 6.40. The number of nitrogens with one attached hydrogen (secondary N) is 1. The molecule has 0 aliphatic rings. The summed E-state index contributed by atoms with van der Waals surface area (Å²) < 4.78 is 2.01. The SMILES string of the molecule is CNC(c1c(Cl)cnn1CCN(C)C)C(C)(C)C. The van der Waals surface area contributed by atoms with Gasteiger partial charge in [-0.25, -0.2) is 0 Å². The number of hydrogen-bond acceptors (Lipinski definition) is 3. The summed E-state index contributed by atoms with van der Waals surface area (Å²) in [6.07, 6.45) is 1.74. The molecule has 104 valence electrons. The summed E-state index contributed by atoms with van der Waals surface area (Å²) in [5.41, 5.74) is 1.17. The minimum atomic E-state index is 0.0916. The normalized spacial score (nSPS) is 14.2. The first-order valence-corrected chi connectivity index (χ1v) is 6.68. The minimum absolute atomic E-state index is 0.0916. The molecule has 1 heterocycles. The van der Waals surface area contributed by atoms with Gasteiger partial charge in [-0.15, -0.1) is 0 Å². The Kier molecular flexibility index (Phi) is 5.20. The van der Waals surface area contributed by atoms with E-state index >= 15 is 0 Å². The molecule has 4 nitrogen and oxygen atoms in total. The summed E-state index contributed by atoms with van der Waals surface area (Å²) in [6.45, 7) is 8.41. The Balaban J connectivity index is 3.02. The van der Waals surface area contributed by atoms with Crippen molar-refractivity contribution in [1.82, 2.24) is 20.0 Å². The molecule has 18 heavy (non-hydrogen) atoms. The molecule has 5 heteroatoms. The highest BCUT2D eigenvalue weighted by Gasteiger charge is 2.29. The summed E-state index contributed by atoms with van der Waals surface area (Å²) >= 11 is 6.30. The molecule has 0 radical (unpaired) electrons. The van der Waals surface area contributed by atoms with Crippen LogP contribution in [0.25, 0.3) is 0 Å². The van der Waals surface area contributed by atoms with Gasteiger partial charge in [0.05, 0.1) is 29.5 Å². The molecule has 0 aliphatic heterocycles. The van der Waals surface area contributed by atoms with E-state index in [9.17, 15) is 0 Å². The highest BCUT2D eigenvalue weighted by Crippen LogP contribution is 2.35. The zero-order valence-electron chi connectivity index (χ0n) is 12.3. The molecular formula is C13H25ClN4. The van der Waals surface area contributed by atoms with E-state index in [2.05, 4.69) is 50.2 Å². The van der Waals surface area contributed by atoms with E-state index < -0.39 is 0 Å². The average Bonchev–Trinajstić information content (AvgIpc) is 2.57. The number of halogens is 1. The first-order chi connectivity index (χ1) is 8.27. The zero-order valence-corrected chi connectivity index (χ0v) is 13.0. The van der Waals surface area contributed by atoms with E-state index in [1.807, 2.05) is 11.7 Å². The Labute approximate surface area is 115 Å². The molecule has 0 saturated carbocycles. The lowest BCUT2D eigenvalue weighted by Crippen LogP contribution is -2.33. The molecule has 0 spiro atoms. The fraction of sp³-hybridized carbons (Fsp3) is 0.769. The van der Waals surface area contributed by atoms with Crippen LogP contribution in [0.5, 0.6) is 0 Å². The average molecular weight is 273 g/mol. The van der Waals surface area contributed by atoms with Gasteiger partial charge in [-0.05, 0) is 26.6 Å². The third-order valence-corrected chi connectivity index (χ3v) is 3.31. The third kappa shape index (κ3) is 3.70. The van der Waals surface area contributed by atoms with Crippen LogP contribution in [0.1, 0.15) is 32.5 Å². The van der Waals surface area contributed by atoms with Gasteiger partial charge in [0.1, 0.15) is 0 Å². The van der Waals surface area contributed by atoms with Crippen LogP contribution in [-0.4, -0.2) is 42.4 Å². The Morgan fingerprint density at radius 3 is 2.50 bits per heavy atom. The molecular weight excluding hydrogens is 248 g/mol. The molecule has 1 aromatic heterocycles. The van der Waals surface area contributed by atoms with Gasteiger partial charge in [-0.1, -0.05) is 32.4 Å². The molecule has 1 unspecified atom stereocenters. The molecule has 1 N–H and O–H groups in total. The van der Waals surface area contributed by atoms with Gasteiger partial charge in [0, 0.05) is 6.54 Å². The zero-order chi connectivity index (χ0) is 13.9. The Hall–Kier alpha value is -0.580. The number of rotatable bonds is 5. The van der Waals surface area contributed by atoms with Crippen molar-refractivity contribution in [2.75, 3.05) is 27.7 Å². The molecule has 0 aromatic carbocycles. The Morgan fingerprint density at radius 2 is 2.06 bits per heavy atom. The third-order valence-electron chi connectivity index (χ3n) is 3.02. The summed E-state index contributed by atoms with van der Waals surface area (Å²) in [5, 5.41) is 8.48. The molecule has 0 fully saturated rings. The van der Waals surface area contributed by atoms with E-state index in [1.165, 1.54) is 0 Å². The van der Waals surface area contributed by atoms with Gasteiger partial charge < -0.3 is 10.2 Å². The quantitative estimate of drug-likeness (QED) is 0.894. The topological polar surface area (TPSA) is 33.1 Å². The first kappa shape index (κ1) is 15.5. The van der Waals surface area contributed by atoms with Crippen LogP contribution in [0.4, 0.5) is 0 Å². The number of aromatic nitrogens is 2. The van der Waals surface area contributed by atoms with E-state index in [1.54, 1.807) is 6.20 Å². The lowest BCUT2D eigenvalue weighted by molar-refractivity contribution is 0.267. The van der Waals surface area contributed by atoms with E-state index in [4.69, 9.17) is 11.6 Å². The van der Waals surface area contributed by atoms with Crippen molar-refractivity contribution in [1.29, 1.82) is 0 Å². The van der Waals surface area contributed by atoms with Crippen LogP contribution in [0.3, 0.4) is 0 Å². The van der Waals surface area contributed by atoms with E-state index in [0.717, 1.165) is 23.8 Å². The second-order valence-electron chi connectivity index (χ2n) is 5.99. The molecule has 1 aromatic rings. The predicted molar refractivity (Wildman–Crippen MR) is 77.0 cm³/mol. The Bertz CT molecular complexity index is 379. The number of likely N-dealkylation sites (N-methyl/N-ethyl adjacent to an activating group) is 1. The summed E-state index contributed by atoms with van der Waals surface area (Å²) in [7, 11) is 6.09. The van der Waals surface area contributed by atoms with E-state index in [0.29, 0.717) is 0 Å². The van der Waals surface area contributed by atoms with E-state index in [-0.39, 0.29) is 11.5 Å². The highest BCUT2D eigenvalue weighted by molar-refractivity contribution is 6.31. The molecule has 0 bridgehead atoms. The fourth-order valence-electron chi connectivity index (χ4n) is 2.11. The van der Waals surface area contributed by atoms with Gasteiger partial charge >= 0.3 is 0 Å². The maximum absolute atomic E-state index is 6.30. The molecule has 0 amide bonds. The summed E-state index contributed by atoms with van der Waals surface area (Å²) in [5.74, 6) is 0. The van der Waals surface area contributed by atoms with Crippen LogP contribution < -0.4 is 5.32 Å².